The first-order valence-corrected chi connectivity index (χ1v) is 10.3. The summed E-state index contributed by atoms with van der Waals surface area (Å²) in [6.45, 7) is 13.0. The van der Waals surface area contributed by atoms with E-state index in [9.17, 15) is 5.11 Å². The zero-order valence-corrected chi connectivity index (χ0v) is 17.8. The molecule has 1 unspecified atom stereocenters. The van der Waals surface area contributed by atoms with Crippen LogP contribution in [-0.4, -0.2) is 5.11 Å². The van der Waals surface area contributed by atoms with Gasteiger partial charge >= 0.3 is 0 Å². The second-order valence-corrected chi connectivity index (χ2v) is 9.01. The van der Waals surface area contributed by atoms with Crippen LogP contribution in [-0.2, 0) is 18.4 Å². The van der Waals surface area contributed by atoms with E-state index in [0.717, 1.165) is 24.8 Å². The van der Waals surface area contributed by atoms with Gasteiger partial charge in [-0.3, -0.25) is 0 Å². The first kappa shape index (κ1) is 19.9. The van der Waals surface area contributed by atoms with Crippen LogP contribution < -0.4 is 0 Å². The van der Waals surface area contributed by atoms with Crippen molar-refractivity contribution < 1.29 is 5.11 Å². The van der Waals surface area contributed by atoms with Crippen LogP contribution in [0.4, 0.5) is 0 Å². The lowest BCUT2D eigenvalue weighted by molar-refractivity contribution is 0.0594. The van der Waals surface area contributed by atoms with Gasteiger partial charge in [-0.05, 0) is 83.9 Å². The summed E-state index contributed by atoms with van der Waals surface area (Å²) in [5.74, 6) is 1.18. The van der Waals surface area contributed by atoms with Crippen molar-refractivity contribution in [2.24, 2.45) is 0 Å². The predicted molar refractivity (Wildman–Crippen MR) is 116 cm³/mol. The molecule has 1 N–H and O–H groups in total. The summed E-state index contributed by atoms with van der Waals surface area (Å²) in [7, 11) is 0. The highest BCUT2D eigenvalue weighted by atomic mass is 16.3. The Labute approximate surface area is 165 Å². The normalized spacial score (nSPS) is 20.3. The van der Waals surface area contributed by atoms with Crippen LogP contribution in [0.2, 0.25) is 0 Å². The minimum absolute atomic E-state index is 0.539. The molecule has 0 heterocycles. The molecule has 4 rings (SSSR count). The van der Waals surface area contributed by atoms with E-state index in [1.54, 1.807) is 0 Å². The lowest BCUT2D eigenvalue weighted by atomic mass is 9.93. The van der Waals surface area contributed by atoms with Crippen molar-refractivity contribution in [3.8, 4) is 0 Å². The van der Waals surface area contributed by atoms with Crippen molar-refractivity contribution in [1.82, 2.24) is 0 Å². The van der Waals surface area contributed by atoms with Crippen LogP contribution in [0.5, 0.6) is 0 Å². The topological polar surface area (TPSA) is 20.2 Å². The second kappa shape index (κ2) is 7.64. The summed E-state index contributed by atoms with van der Waals surface area (Å²) in [5, 5.41) is 10.2. The average molecular weight is 363 g/mol. The fourth-order valence-corrected chi connectivity index (χ4v) is 4.06. The highest BCUT2D eigenvalue weighted by Crippen LogP contribution is 2.37. The van der Waals surface area contributed by atoms with Crippen LogP contribution in [0.25, 0.3) is 5.57 Å². The minimum atomic E-state index is -0.597. The maximum Gasteiger partial charge on any atom is 0.0874 e. The Balaban J connectivity index is 0.000000156. The van der Waals surface area contributed by atoms with Gasteiger partial charge in [0, 0.05) is 0 Å². The molecule has 0 saturated heterocycles. The van der Waals surface area contributed by atoms with E-state index in [1.807, 2.05) is 6.92 Å². The van der Waals surface area contributed by atoms with E-state index >= 15 is 0 Å². The van der Waals surface area contributed by atoms with Gasteiger partial charge in [0.15, 0.2) is 0 Å². The summed E-state index contributed by atoms with van der Waals surface area (Å²) in [5.41, 5.74) is 9.04. The van der Waals surface area contributed by atoms with Crippen molar-refractivity contribution >= 4 is 5.57 Å². The van der Waals surface area contributed by atoms with Gasteiger partial charge in [0.25, 0.3) is 0 Å². The number of benzene rings is 2. The van der Waals surface area contributed by atoms with E-state index in [1.165, 1.54) is 33.4 Å². The maximum atomic E-state index is 10.2. The molecule has 2 aliphatic carbocycles. The smallest absolute Gasteiger partial charge is 0.0874 e. The quantitative estimate of drug-likeness (QED) is 0.627. The summed E-state index contributed by atoms with van der Waals surface area (Å²) in [6, 6.07) is 13.4. The Morgan fingerprint density at radius 3 is 2.11 bits per heavy atom. The first-order chi connectivity index (χ1) is 12.7. The van der Waals surface area contributed by atoms with Gasteiger partial charge in [0.1, 0.15) is 0 Å². The van der Waals surface area contributed by atoms with E-state index in [0.29, 0.717) is 11.8 Å². The molecule has 0 aromatic heterocycles. The van der Waals surface area contributed by atoms with Gasteiger partial charge in [-0.25, -0.2) is 0 Å². The molecular formula is C26H34O. The summed E-state index contributed by atoms with van der Waals surface area (Å²) in [6.07, 6.45) is 5.32. The molecule has 0 amide bonds. The molecule has 2 aromatic rings. The zero-order valence-electron chi connectivity index (χ0n) is 17.8. The first-order valence-electron chi connectivity index (χ1n) is 10.3. The van der Waals surface area contributed by atoms with Gasteiger partial charge in [0.2, 0.25) is 0 Å². The molecular weight excluding hydrogens is 328 g/mol. The molecule has 1 atom stereocenters. The molecule has 27 heavy (non-hydrogen) atoms. The highest BCUT2D eigenvalue weighted by molar-refractivity contribution is 5.72. The number of aliphatic hydroxyl groups is 1. The molecule has 144 valence electrons. The molecule has 1 heteroatoms. The molecule has 1 nitrogen and oxygen atoms in total. The molecule has 0 saturated carbocycles. The third kappa shape index (κ3) is 4.19. The van der Waals surface area contributed by atoms with Crippen LogP contribution in [0, 0.1) is 0 Å². The maximum absolute atomic E-state index is 10.2. The summed E-state index contributed by atoms with van der Waals surface area (Å²) in [4.78, 5) is 0. The molecule has 2 aliphatic rings. The third-order valence-electron chi connectivity index (χ3n) is 6.12. The number of hydrogen-bond acceptors (Lipinski definition) is 1. The molecule has 0 radical (unpaired) electrons. The predicted octanol–water partition coefficient (Wildman–Crippen LogP) is 6.73. The van der Waals surface area contributed by atoms with Crippen molar-refractivity contribution in [3.63, 3.8) is 0 Å². The van der Waals surface area contributed by atoms with Crippen molar-refractivity contribution in [1.29, 1.82) is 0 Å². The number of allylic oxidation sites excluding steroid dienone is 2. The van der Waals surface area contributed by atoms with Crippen LogP contribution >= 0.6 is 0 Å². The second-order valence-electron chi connectivity index (χ2n) is 9.01. The highest BCUT2D eigenvalue weighted by Gasteiger charge is 2.31. The fraction of sp³-hybridized carbons (Fsp3) is 0.462. The molecule has 2 aromatic carbocycles. The Kier molecular flexibility index (Phi) is 5.63. The summed E-state index contributed by atoms with van der Waals surface area (Å²) < 4.78 is 0. The Morgan fingerprint density at radius 2 is 1.48 bits per heavy atom. The lowest BCUT2D eigenvalue weighted by Crippen LogP contribution is -2.16. The van der Waals surface area contributed by atoms with E-state index in [2.05, 4.69) is 77.1 Å². The average Bonchev–Trinajstić information content (AvgIpc) is 3.15. The summed E-state index contributed by atoms with van der Waals surface area (Å²) >= 11 is 0. The van der Waals surface area contributed by atoms with Gasteiger partial charge in [-0.15, -0.1) is 0 Å². The molecule has 0 bridgehead atoms. The van der Waals surface area contributed by atoms with E-state index in [-0.39, 0.29) is 0 Å². The SMILES string of the molecule is CC(C)c1ccc2c(c1)C(C)(O)CC2.CC1=CCc2ccc(C(C)C)cc21. The van der Waals surface area contributed by atoms with Crippen LogP contribution in [0.15, 0.2) is 42.5 Å². The van der Waals surface area contributed by atoms with Crippen molar-refractivity contribution in [2.45, 2.75) is 78.2 Å². The molecule has 0 spiro atoms. The lowest BCUT2D eigenvalue weighted by Gasteiger charge is -2.19. The zero-order chi connectivity index (χ0) is 19.8. The van der Waals surface area contributed by atoms with E-state index < -0.39 is 5.60 Å². The monoisotopic (exact) mass is 362 g/mol. The number of hydrogen-bond donors (Lipinski definition) is 1. The van der Waals surface area contributed by atoms with Gasteiger partial charge in [0.05, 0.1) is 5.60 Å². The largest absolute Gasteiger partial charge is 0.385 e. The number of rotatable bonds is 2. The standard InChI is InChI=1S/C13H18O.C13H16/c1-9(2)11-5-4-10-6-7-13(3,14)12(10)8-11;1-9(2)12-7-6-11-5-4-10(3)13(11)8-12/h4-5,8-9,14H,6-7H2,1-3H3;4,6-9H,5H2,1-3H3. The third-order valence-corrected chi connectivity index (χ3v) is 6.12. The number of fused-ring (bicyclic) bond motifs is 2. The van der Waals surface area contributed by atoms with Crippen LogP contribution in [0.1, 0.15) is 93.2 Å². The fourth-order valence-electron chi connectivity index (χ4n) is 4.06. The minimum Gasteiger partial charge on any atom is -0.385 e. The molecule has 0 aliphatic heterocycles. The van der Waals surface area contributed by atoms with Crippen molar-refractivity contribution in [2.75, 3.05) is 0 Å². The Bertz CT molecular complexity index is 853. The van der Waals surface area contributed by atoms with Gasteiger partial charge < -0.3 is 5.11 Å². The Hall–Kier alpha value is -1.86. The number of aryl methyl sites for hydroxylation is 1. The van der Waals surface area contributed by atoms with E-state index in [4.69, 9.17) is 0 Å². The van der Waals surface area contributed by atoms with Crippen molar-refractivity contribution in [3.05, 3.63) is 75.9 Å². The Morgan fingerprint density at radius 1 is 0.889 bits per heavy atom. The molecule has 0 fully saturated rings. The van der Waals surface area contributed by atoms with Gasteiger partial charge in [-0.1, -0.05) is 70.2 Å². The van der Waals surface area contributed by atoms with Gasteiger partial charge in [-0.2, -0.15) is 0 Å². The van der Waals surface area contributed by atoms with Crippen LogP contribution in [0.3, 0.4) is 0 Å².